The zero-order valence-electron chi connectivity index (χ0n) is 12.4. The second kappa shape index (κ2) is 6.72. The van der Waals surface area contributed by atoms with Gasteiger partial charge < -0.3 is 5.73 Å². The molecule has 0 aliphatic carbocycles. The van der Waals surface area contributed by atoms with Crippen LogP contribution in [0.4, 0.5) is 4.39 Å². The summed E-state index contributed by atoms with van der Waals surface area (Å²) in [6.07, 6.45) is 0. The molecule has 0 saturated carbocycles. The molecule has 1 aromatic carbocycles. The molecule has 1 unspecified atom stereocenters. The Kier molecular flexibility index (Phi) is 5.15. The van der Waals surface area contributed by atoms with Crippen LogP contribution in [0.3, 0.4) is 0 Å². The summed E-state index contributed by atoms with van der Waals surface area (Å²) in [5, 5.41) is 0. The van der Waals surface area contributed by atoms with Crippen LogP contribution >= 0.6 is 0 Å². The van der Waals surface area contributed by atoms with Gasteiger partial charge in [-0.3, -0.25) is 9.69 Å². The first-order valence-corrected chi connectivity index (χ1v) is 8.66. The Morgan fingerprint density at radius 3 is 2.27 bits per heavy atom. The molecule has 1 aliphatic rings. The molecule has 1 saturated heterocycles. The fraction of sp³-hybridized carbons (Fsp3) is 0.500. The monoisotopic (exact) mass is 329 g/mol. The van der Waals surface area contributed by atoms with Gasteiger partial charge in [0.15, 0.2) is 0 Å². The average molecular weight is 329 g/mol. The molecule has 1 aliphatic heterocycles. The van der Waals surface area contributed by atoms with Gasteiger partial charge in [-0.25, -0.2) is 12.8 Å². The lowest BCUT2D eigenvalue weighted by Gasteiger charge is -2.36. The number of benzene rings is 1. The molecule has 2 N–H and O–H groups in total. The Morgan fingerprint density at radius 1 is 1.23 bits per heavy atom. The van der Waals surface area contributed by atoms with Crippen molar-refractivity contribution in [2.75, 3.05) is 26.2 Å². The topological polar surface area (TPSA) is 83.7 Å². The summed E-state index contributed by atoms with van der Waals surface area (Å²) in [5.74, 6) is -0.962. The molecule has 122 valence electrons. The first-order valence-electron chi connectivity index (χ1n) is 7.05. The Labute approximate surface area is 129 Å². The van der Waals surface area contributed by atoms with E-state index in [1.165, 1.54) is 28.6 Å². The van der Waals surface area contributed by atoms with Crippen LogP contribution in [0.25, 0.3) is 0 Å². The van der Waals surface area contributed by atoms with Crippen molar-refractivity contribution in [1.29, 1.82) is 0 Å². The Balaban J connectivity index is 1.97. The van der Waals surface area contributed by atoms with E-state index in [1.807, 2.05) is 4.90 Å². The van der Waals surface area contributed by atoms with Crippen molar-refractivity contribution in [3.05, 3.63) is 35.6 Å². The van der Waals surface area contributed by atoms with Gasteiger partial charge in [0.25, 0.3) is 0 Å². The summed E-state index contributed by atoms with van der Waals surface area (Å²) in [6.45, 7) is 3.28. The van der Waals surface area contributed by atoms with Crippen molar-refractivity contribution in [2.45, 2.75) is 18.7 Å². The van der Waals surface area contributed by atoms with Gasteiger partial charge >= 0.3 is 0 Å². The van der Waals surface area contributed by atoms with E-state index in [0.717, 1.165) is 0 Å². The van der Waals surface area contributed by atoms with E-state index in [-0.39, 0.29) is 5.75 Å². The summed E-state index contributed by atoms with van der Waals surface area (Å²) >= 11 is 0. The lowest BCUT2D eigenvalue weighted by atomic mass is 10.2. The zero-order chi connectivity index (χ0) is 16.3. The van der Waals surface area contributed by atoms with Crippen LogP contribution in [-0.4, -0.2) is 55.8 Å². The van der Waals surface area contributed by atoms with Crippen molar-refractivity contribution in [3.63, 3.8) is 0 Å². The molecular formula is C14H20FN3O3S. The number of nitrogens with zero attached hydrogens (tertiary/aromatic N) is 2. The van der Waals surface area contributed by atoms with E-state index in [9.17, 15) is 17.6 Å². The van der Waals surface area contributed by atoms with E-state index < -0.39 is 27.8 Å². The van der Waals surface area contributed by atoms with E-state index in [4.69, 9.17) is 5.73 Å². The number of nitrogens with two attached hydrogens (primary N) is 1. The molecule has 22 heavy (non-hydrogen) atoms. The van der Waals surface area contributed by atoms with Gasteiger partial charge in [0.05, 0.1) is 11.8 Å². The number of hydrogen-bond donors (Lipinski definition) is 1. The maximum atomic E-state index is 12.9. The smallest absolute Gasteiger partial charge is 0.234 e. The highest BCUT2D eigenvalue weighted by Crippen LogP contribution is 2.15. The molecule has 6 nitrogen and oxygen atoms in total. The average Bonchev–Trinajstić information content (AvgIpc) is 2.48. The minimum absolute atomic E-state index is 0.154. The molecule has 8 heteroatoms. The van der Waals surface area contributed by atoms with Crippen LogP contribution in [0, 0.1) is 5.82 Å². The van der Waals surface area contributed by atoms with Gasteiger partial charge in [-0.2, -0.15) is 4.31 Å². The molecule has 0 bridgehead atoms. The number of rotatable bonds is 5. The first-order chi connectivity index (χ1) is 10.3. The van der Waals surface area contributed by atoms with Gasteiger partial charge in [0.2, 0.25) is 15.9 Å². The summed E-state index contributed by atoms with van der Waals surface area (Å²) in [6, 6.07) is 5.03. The normalized spacial score (nSPS) is 19.0. The van der Waals surface area contributed by atoms with E-state index in [1.54, 1.807) is 6.92 Å². The second-order valence-corrected chi connectivity index (χ2v) is 7.36. The Bertz CT molecular complexity index is 625. The molecular weight excluding hydrogens is 309 g/mol. The number of primary amides is 1. The standard InChI is InChI=1S/C14H20FN3O3S/c1-11(14(16)19)17-6-8-18(9-7-17)22(20,21)10-12-2-4-13(15)5-3-12/h2-5,11H,6-10H2,1H3,(H2,16,19). The minimum atomic E-state index is -3.45. The molecule has 2 rings (SSSR count). The largest absolute Gasteiger partial charge is 0.368 e. The lowest BCUT2D eigenvalue weighted by Crippen LogP contribution is -2.54. The third kappa shape index (κ3) is 4.02. The van der Waals surface area contributed by atoms with Gasteiger partial charge in [0.1, 0.15) is 5.82 Å². The van der Waals surface area contributed by atoms with Gasteiger partial charge in [0, 0.05) is 26.2 Å². The molecule has 1 amide bonds. The number of carbonyl (C=O) groups excluding carboxylic acids is 1. The fourth-order valence-electron chi connectivity index (χ4n) is 2.43. The van der Waals surface area contributed by atoms with Crippen LogP contribution in [0.1, 0.15) is 12.5 Å². The second-order valence-electron chi connectivity index (χ2n) is 5.40. The maximum Gasteiger partial charge on any atom is 0.234 e. The van der Waals surface area contributed by atoms with E-state index >= 15 is 0 Å². The van der Waals surface area contributed by atoms with Crippen LogP contribution in [0.15, 0.2) is 24.3 Å². The van der Waals surface area contributed by atoms with Crippen molar-refractivity contribution in [2.24, 2.45) is 5.73 Å². The molecule has 0 aromatic heterocycles. The minimum Gasteiger partial charge on any atom is -0.368 e. The molecule has 1 heterocycles. The van der Waals surface area contributed by atoms with Crippen molar-refractivity contribution >= 4 is 15.9 Å². The Hall–Kier alpha value is -1.51. The molecule has 0 spiro atoms. The number of amides is 1. The third-order valence-electron chi connectivity index (χ3n) is 3.89. The summed E-state index contributed by atoms with van der Waals surface area (Å²) < 4.78 is 39.0. The fourth-order valence-corrected chi connectivity index (χ4v) is 3.95. The van der Waals surface area contributed by atoms with Crippen molar-refractivity contribution < 1.29 is 17.6 Å². The number of sulfonamides is 1. The number of halogens is 1. The Morgan fingerprint density at radius 2 is 1.77 bits per heavy atom. The number of carbonyl (C=O) groups is 1. The summed E-state index contributed by atoms with van der Waals surface area (Å²) in [4.78, 5) is 13.0. The lowest BCUT2D eigenvalue weighted by molar-refractivity contribution is -0.123. The van der Waals surface area contributed by atoms with Crippen LogP contribution < -0.4 is 5.73 Å². The summed E-state index contributed by atoms with van der Waals surface area (Å²) in [7, 11) is -3.45. The van der Waals surface area contributed by atoms with E-state index in [0.29, 0.717) is 31.7 Å². The molecule has 1 aromatic rings. The maximum absolute atomic E-state index is 12.9. The van der Waals surface area contributed by atoms with Crippen LogP contribution in [0.5, 0.6) is 0 Å². The van der Waals surface area contributed by atoms with Gasteiger partial charge in [-0.1, -0.05) is 12.1 Å². The predicted molar refractivity (Wildman–Crippen MR) is 80.8 cm³/mol. The quantitative estimate of drug-likeness (QED) is 0.833. The van der Waals surface area contributed by atoms with Crippen LogP contribution in [0.2, 0.25) is 0 Å². The summed E-state index contributed by atoms with van der Waals surface area (Å²) in [5.41, 5.74) is 5.81. The zero-order valence-corrected chi connectivity index (χ0v) is 13.2. The third-order valence-corrected chi connectivity index (χ3v) is 5.74. The van der Waals surface area contributed by atoms with Crippen molar-refractivity contribution in [1.82, 2.24) is 9.21 Å². The van der Waals surface area contributed by atoms with E-state index in [2.05, 4.69) is 0 Å². The highest BCUT2D eigenvalue weighted by Gasteiger charge is 2.30. The number of piperazine rings is 1. The highest BCUT2D eigenvalue weighted by molar-refractivity contribution is 7.88. The predicted octanol–water partition coefficient (Wildman–Crippen LogP) is 0.147. The molecule has 0 radical (unpaired) electrons. The number of hydrogen-bond acceptors (Lipinski definition) is 4. The molecule has 1 atom stereocenters. The first kappa shape index (κ1) is 16.9. The SMILES string of the molecule is CC(C(N)=O)N1CCN(S(=O)(=O)Cc2ccc(F)cc2)CC1. The van der Waals surface area contributed by atoms with Gasteiger partial charge in [-0.15, -0.1) is 0 Å². The van der Waals surface area contributed by atoms with Crippen LogP contribution in [-0.2, 0) is 20.6 Å². The molecule has 1 fully saturated rings. The van der Waals surface area contributed by atoms with Crippen molar-refractivity contribution in [3.8, 4) is 0 Å². The van der Waals surface area contributed by atoms with Gasteiger partial charge in [-0.05, 0) is 24.6 Å². The highest BCUT2D eigenvalue weighted by atomic mass is 32.2.